The summed E-state index contributed by atoms with van der Waals surface area (Å²) in [4.78, 5) is 19.1. The third-order valence-corrected chi connectivity index (χ3v) is 9.21. The van der Waals surface area contributed by atoms with E-state index in [-0.39, 0.29) is 11.8 Å². The van der Waals surface area contributed by atoms with Crippen molar-refractivity contribution in [3.63, 3.8) is 0 Å². The number of carbonyl (C=O) groups is 1. The topological polar surface area (TPSA) is 32.7 Å². The predicted octanol–water partition coefficient (Wildman–Crippen LogP) is 11.4. The molecule has 1 atom stereocenters. The number of halogens is 1. The normalized spacial score (nSPS) is 18.7. The first-order valence-electron chi connectivity index (χ1n) is 16.0. The lowest BCUT2D eigenvalue weighted by Gasteiger charge is -2.33. The molecule has 1 aromatic rings. The minimum absolute atomic E-state index is 0.0705. The molecule has 0 spiro atoms. The number of aryl methyl sites for hydroxylation is 1. The summed E-state index contributed by atoms with van der Waals surface area (Å²) in [5, 5.41) is 0.551. The Morgan fingerprint density at radius 2 is 1.67 bits per heavy atom. The number of rotatable bonds is 7. The number of likely N-dealkylation sites (N-methyl/N-ethyl adjacent to an activating group) is 1. The van der Waals surface area contributed by atoms with Gasteiger partial charge in [-0.05, 0) is 102 Å². The van der Waals surface area contributed by atoms with Gasteiger partial charge in [0.2, 0.25) is 0 Å². The zero-order valence-electron chi connectivity index (χ0n) is 28.6. The molecule has 0 aromatic heterocycles. The monoisotopic (exact) mass is 644 g/mol. The third-order valence-electron chi connectivity index (χ3n) is 7.85. The number of benzene rings is 1. The highest BCUT2D eigenvalue weighted by Gasteiger charge is 2.31. The lowest BCUT2D eigenvalue weighted by atomic mass is 9.91. The van der Waals surface area contributed by atoms with Crippen molar-refractivity contribution in [1.29, 1.82) is 0 Å². The van der Waals surface area contributed by atoms with Gasteiger partial charge in [0.1, 0.15) is 0 Å². The summed E-state index contributed by atoms with van der Waals surface area (Å²) >= 11 is 8.68. The van der Waals surface area contributed by atoms with Crippen LogP contribution in [-0.2, 0) is 4.79 Å². The van der Waals surface area contributed by atoms with Crippen LogP contribution in [0.1, 0.15) is 84.3 Å². The molecule has 1 unspecified atom stereocenters. The SMILES string of the molecule is C=C(C)C1=CCC=C(C2=CC(C=CN=C(C)C)C(=C)N(CC)C2=O)C(Cl)=C1.C=C(C)CC.Cc1ccc(C2CCSCC2)cc1. The summed E-state index contributed by atoms with van der Waals surface area (Å²) in [6, 6.07) is 9.07. The van der Waals surface area contributed by atoms with Crippen LogP contribution in [-0.4, -0.2) is 34.6 Å². The second-order valence-electron chi connectivity index (χ2n) is 12.0. The number of hydrogen-bond donors (Lipinski definition) is 0. The number of thioether (sulfide) groups is 1. The van der Waals surface area contributed by atoms with Crippen LogP contribution in [0.4, 0.5) is 0 Å². The summed E-state index contributed by atoms with van der Waals surface area (Å²) in [6.07, 6.45) is 16.1. The fourth-order valence-corrected chi connectivity index (χ4v) is 6.29. The van der Waals surface area contributed by atoms with E-state index in [1.54, 1.807) is 16.7 Å². The van der Waals surface area contributed by atoms with Crippen LogP contribution in [0.3, 0.4) is 0 Å². The van der Waals surface area contributed by atoms with Gasteiger partial charge in [-0.3, -0.25) is 9.79 Å². The first kappa shape index (κ1) is 38.1. The van der Waals surface area contributed by atoms with Crippen LogP contribution in [0.2, 0.25) is 0 Å². The fraction of sp³-hybridized carbons (Fsp3) is 0.400. The first-order valence-corrected chi connectivity index (χ1v) is 17.6. The molecule has 1 aromatic carbocycles. The summed E-state index contributed by atoms with van der Waals surface area (Å²) in [5.74, 6) is 3.35. The van der Waals surface area contributed by atoms with Gasteiger partial charge in [0.25, 0.3) is 5.91 Å². The van der Waals surface area contributed by atoms with E-state index in [1.807, 2.05) is 58.9 Å². The van der Waals surface area contributed by atoms with Gasteiger partial charge in [-0.25, -0.2) is 0 Å². The molecule has 45 heavy (non-hydrogen) atoms. The van der Waals surface area contributed by atoms with E-state index >= 15 is 0 Å². The Balaban J connectivity index is 0.000000321. The van der Waals surface area contributed by atoms with E-state index in [0.29, 0.717) is 23.6 Å². The molecule has 0 N–H and O–H groups in total. The average molecular weight is 645 g/mol. The zero-order chi connectivity index (χ0) is 33.5. The van der Waals surface area contributed by atoms with Crippen molar-refractivity contribution in [2.75, 3.05) is 18.1 Å². The van der Waals surface area contributed by atoms with E-state index < -0.39 is 0 Å². The Kier molecular flexibility index (Phi) is 16.5. The van der Waals surface area contributed by atoms with Gasteiger partial charge in [-0.15, -0.1) is 6.58 Å². The van der Waals surface area contributed by atoms with Crippen LogP contribution >= 0.6 is 23.4 Å². The minimum Gasteiger partial charge on any atom is -0.312 e. The van der Waals surface area contributed by atoms with Crippen molar-refractivity contribution in [1.82, 2.24) is 4.90 Å². The highest BCUT2D eigenvalue weighted by Crippen LogP contribution is 2.36. The van der Waals surface area contributed by atoms with Crippen molar-refractivity contribution in [2.45, 2.75) is 80.1 Å². The number of carbonyl (C=O) groups excluding carboxylic acids is 1. The first-order chi connectivity index (χ1) is 21.4. The maximum Gasteiger partial charge on any atom is 0.258 e. The number of nitrogens with zero attached hydrogens (tertiary/aromatic N) is 2. The fourth-order valence-electron chi connectivity index (χ4n) is 4.89. The van der Waals surface area contributed by atoms with Crippen molar-refractivity contribution >= 4 is 35.0 Å². The number of amides is 1. The van der Waals surface area contributed by atoms with Crippen LogP contribution in [0.15, 0.2) is 124 Å². The second kappa shape index (κ2) is 19.4. The third kappa shape index (κ3) is 12.3. The lowest BCUT2D eigenvalue weighted by molar-refractivity contribution is -0.125. The van der Waals surface area contributed by atoms with E-state index in [1.165, 1.54) is 35.5 Å². The zero-order valence-corrected chi connectivity index (χ0v) is 30.2. The van der Waals surface area contributed by atoms with Gasteiger partial charge in [-0.1, -0.05) is 97.0 Å². The molecule has 5 heteroatoms. The van der Waals surface area contributed by atoms with Gasteiger partial charge in [0, 0.05) is 46.2 Å². The molecule has 2 heterocycles. The van der Waals surface area contributed by atoms with Crippen LogP contribution in [0.25, 0.3) is 0 Å². The molecule has 3 aliphatic rings. The molecule has 1 saturated heterocycles. The van der Waals surface area contributed by atoms with E-state index in [2.05, 4.69) is 80.7 Å². The van der Waals surface area contributed by atoms with Gasteiger partial charge < -0.3 is 4.90 Å². The van der Waals surface area contributed by atoms with E-state index in [0.717, 1.165) is 40.5 Å². The molecule has 0 bridgehead atoms. The quantitative estimate of drug-likeness (QED) is 0.218. The van der Waals surface area contributed by atoms with Crippen molar-refractivity contribution in [3.05, 3.63) is 130 Å². The van der Waals surface area contributed by atoms with Crippen molar-refractivity contribution < 1.29 is 4.79 Å². The van der Waals surface area contributed by atoms with Crippen molar-refractivity contribution in [2.24, 2.45) is 10.9 Å². The van der Waals surface area contributed by atoms with Crippen LogP contribution in [0, 0.1) is 12.8 Å². The van der Waals surface area contributed by atoms with E-state index in [4.69, 9.17) is 11.6 Å². The highest BCUT2D eigenvalue weighted by molar-refractivity contribution is 7.99. The molecule has 0 radical (unpaired) electrons. The Morgan fingerprint density at radius 3 is 2.20 bits per heavy atom. The molecule has 242 valence electrons. The summed E-state index contributed by atoms with van der Waals surface area (Å²) in [6.45, 7) is 26.4. The summed E-state index contributed by atoms with van der Waals surface area (Å²) in [5.41, 5.74) is 9.20. The Hall–Kier alpha value is -3.08. The smallest absolute Gasteiger partial charge is 0.258 e. The molecular weight excluding hydrogens is 592 g/mol. The second-order valence-corrected chi connectivity index (χ2v) is 13.6. The molecule has 1 aliphatic carbocycles. The molecule has 3 nitrogen and oxygen atoms in total. The van der Waals surface area contributed by atoms with Crippen molar-refractivity contribution in [3.8, 4) is 0 Å². The molecule has 0 saturated carbocycles. The maximum absolute atomic E-state index is 13.1. The number of allylic oxidation sites excluding steroid dienone is 8. The highest BCUT2D eigenvalue weighted by atomic mass is 35.5. The van der Waals surface area contributed by atoms with Gasteiger partial charge >= 0.3 is 0 Å². The van der Waals surface area contributed by atoms with Gasteiger partial charge in [-0.2, -0.15) is 11.8 Å². The molecule has 1 fully saturated rings. The molecule has 1 amide bonds. The average Bonchev–Trinajstić information content (AvgIpc) is 3.21. The molecule has 2 aliphatic heterocycles. The Labute approximate surface area is 283 Å². The standard InChI is InChI=1S/C23H27ClN2O.C12H16S.C5H10/c1-7-26-17(6)19(11-12-25-16(4)5)13-21(23(26)27)20-10-8-9-18(15(2)3)14-22(20)24;1-10-2-4-11(5-3-10)12-6-8-13-9-7-12;1-4-5(2)3/h9-14,19H,2,6-8H2,1,3-5H3;2-5,12H,6-9H2,1H3;2,4H2,1,3H3. The number of aliphatic imine (C=N–C) groups is 1. The molecular formula is C40H53ClN2OS. The van der Waals surface area contributed by atoms with Crippen LogP contribution < -0.4 is 0 Å². The summed E-state index contributed by atoms with van der Waals surface area (Å²) < 4.78 is 0. The molecule has 4 rings (SSSR count). The van der Waals surface area contributed by atoms with Crippen LogP contribution in [0.5, 0.6) is 0 Å². The predicted molar refractivity (Wildman–Crippen MR) is 201 cm³/mol. The largest absolute Gasteiger partial charge is 0.312 e. The maximum atomic E-state index is 13.1. The van der Waals surface area contributed by atoms with Gasteiger partial charge in [0.05, 0.1) is 0 Å². The Morgan fingerprint density at radius 1 is 1.04 bits per heavy atom. The van der Waals surface area contributed by atoms with E-state index in [9.17, 15) is 4.79 Å². The van der Waals surface area contributed by atoms with Gasteiger partial charge in [0.15, 0.2) is 0 Å². The summed E-state index contributed by atoms with van der Waals surface area (Å²) in [7, 11) is 0. The minimum atomic E-state index is -0.108. The number of hydrogen-bond acceptors (Lipinski definition) is 3. The Bertz CT molecular complexity index is 1390. The lowest BCUT2D eigenvalue weighted by Crippen LogP contribution is -2.37.